The van der Waals surface area contributed by atoms with Crippen LogP contribution in [0.1, 0.15) is 18.9 Å². The summed E-state index contributed by atoms with van der Waals surface area (Å²) in [6.45, 7) is 2.80. The largest absolute Gasteiger partial charge is 0.479 e. The van der Waals surface area contributed by atoms with Gasteiger partial charge in [0.2, 0.25) is 4.38 Å². The summed E-state index contributed by atoms with van der Waals surface area (Å²) in [5.74, 6) is 0.892. The molecule has 1 rings (SSSR count). The Morgan fingerprint density at radius 2 is 2.07 bits per heavy atom. The molecule has 0 aliphatic rings. The Morgan fingerprint density at radius 1 is 1.36 bits per heavy atom. The Bertz CT molecular complexity index is 272. The molecule has 0 saturated carbocycles. The van der Waals surface area contributed by atoms with E-state index in [4.69, 9.17) is 17.0 Å². The summed E-state index contributed by atoms with van der Waals surface area (Å²) in [4.78, 5) is 0. The van der Waals surface area contributed by atoms with Crippen LogP contribution < -0.4 is 0 Å². The summed E-state index contributed by atoms with van der Waals surface area (Å²) in [6.07, 6.45) is 1.01. The van der Waals surface area contributed by atoms with Gasteiger partial charge in [-0.05, 0) is 24.2 Å². The fourth-order valence-electron chi connectivity index (χ4n) is 0.944. The summed E-state index contributed by atoms with van der Waals surface area (Å²) >= 11 is 6.64. The summed E-state index contributed by atoms with van der Waals surface area (Å²) in [7, 11) is 0. The second kappa shape index (κ2) is 6.85. The van der Waals surface area contributed by atoms with Crippen molar-refractivity contribution in [3.63, 3.8) is 0 Å². The fraction of sp³-hybridized carbons (Fsp3) is 0.364. The van der Waals surface area contributed by atoms with Crippen molar-refractivity contribution in [3.8, 4) is 0 Å². The molecule has 1 aromatic rings. The van der Waals surface area contributed by atoms with Crippen LogP contribution in [0.15, 0.2) is 30.3 Å². The molecule has 0 N–H and O–H groups in total. The van der Waals surface area contributed by atoms with Crippen LogP contribution in [0.3, 0.4) is 0 Å². The summed E-state index contributed by atoms with van der Waals surface area (Å²) in [5.41, 5.74) is 1.28. The zero-order chi connectivity index (χ0) is 10.2. The molecule has 76 valence electrons. The molecule has 1 aromatic carbocycles. The van der Waals surface area contributed by atoms with Gasteiger partial charge in [0, 0.05) is 5.75 Å². The lowest BCUT2D eigenvalue weighted by molar-refractivity contribution is 0.322. The Kier molecular flexibility index (Phi) is 5.64. The highest BCUT2D eigenvalue weighted by molar-refractivity contribution is 8.22. The van der Waals surface area contributed by atoms with E-state index in [-0.39, 0.29) is 0 Å². The standard InChI is InChI=1S/C11H14OS2/c1-2-8-12-11(13)14-9-10-6-4-3-5-7-10/h3-7H,2,8-9H2,1H3. The van der Waals surface area contributed by atoms with Crippen molar-refractivity contribution >= 4 is 28.4 Å². The first kappa shape index (κ1) is 11.5. The number of thiocarbonyl (C=S) groups is 1. The Hall–Kier alpha value is -0.540. The predicted molar refractivity (Wildman–Crippen MR) is 66.6 cm³/mol. The van der Waals surface area contributed by atoms with Crippen LogP contribution in [0.5, 0.6) is 0 Å². The lowest BCUT2D eigenvalue weighted by atomic mass is 10.2. The molecule has 0 radical (unpaired) electrons. The molecule has 0 aliphatic carbocycles. The Labute approximate surface area is 94.9 Å². The Balaban J connectivity index is 2.24. The number of benzene rings is 1. The third kappa shape index (κ3) is 4.63. The molecule has 0 aliphatic heterocycles. The van der Waals surface area contributed by atoms with Gasteiger partial charge in [-0.3, -0.25) is 0 Å². The normalized spacial score (nSPS) is 9.79. The minimum atomic E-state index is 0.649. The van der Waals surface area contributed by atoms with Crippen LogP contribution in [-0.2, 0) is 10.5 Å². The summed E-state index contributed by atoms with van der Waals surface area (Å²) in [5, 5.41) is 0. The molecule has 0 fully saturated rings. The van der Waals surface area contributed by atoms with Crippen molar-refractivity contribution in [1.29, 1.82) is 0 Å². The third-order valence-electron chi connectivity index (χ3n) is 1.62. The van der Waals surface area contributed by atoms with Crippen LogP contribution in [0.4, 0.5) is 0 Å². The van der Waals surface area contributed by atoms with E-state index >= 15 is 0 Å². The minimum absolute atomic E-state index is 0.649. The average molecular weight is 226 g/mol. The molecule has 0 bridgehead atoms. The third-order valence-corrected chi connectivity index (χ3v) is 2.93. The van der Waals surface area contributed by atoms with Crippen molar-refractivity contribution < 1.29 is 4.74 Å². The lowest BCUT2D eigenvalue weighted by Gasteiger charge is -2.04. The second-order valence-corrected chi connectivity index (χ2v) is 4.45. The van der Waals surface area contributed by atoms with E-state index in [2.05, 4.69) is 19.1 Å². The van der Waals surface area contributed by atoms with Crippen LogP contribution in [0.2, 0.25) is 0 Å². The van der Waals surface area contributed by atoms with Crippen molar-refractivity contribution in [2.75, 3.05) is 6.61 Å². The fourth-order valence-corrected chi connectivity index (χ4v) is 1.85. The molecule has 0 unspecified atom stereocenters. The maximum absolute atomic E-state index is 5.31. The first-order valence-corrected chi connectivity index (χ1v) is 6.05. The van der Waals surface area contributed by atoms with E-state index in [0.717, 1.165) is 18.8 Å². The molecular weight excluding hydrogens is 212 g/mol. The van der Waals surface area contributed by atoms with Gasteiger partial charge >= 0.3 is 0 Å². The average Bonchev–Trinajstić information content (AvgIpc) is 2.25. The maximum atomic E-state index is 5.31. The molecule has 0 saturated heterocycles. The van der Waals surface area contributed by atoms with Crippen LogP contribution >= 0.6 is 24.0 Å². The van der Waals surface area contributed by atoms with E-state index in [0.29, 0.717) is 4.38 Å². The zero-order valence-electron chi connectivity index (χ0n) is 8.23. The maximum Gasteiger partial charge on any atom is 0.220 e. The van der Waals surface area contributed by atoms with Crippen LogP contribution in [0, 0.1) is 0 Å². The monoisotopic (exact) mass is 226 g/mol. The van der Waals surface area contributed by atoms with Crippen molar-refractivity contribution in [3.05, 3.63) is 35.9 Å². The SMILES string of the molecule is CCCOC(=S)SCc1ccccc1. The van der Waals surface area contributed by atoms with Crippen LogP contribution in [0.25, 0.3) is 0 Å². The molecule has 0 spiro atoms. The summed E-state index contributed by atoms with van der Waals surface area (Å²) < 4.78 is 5.96. The summed E-state index contributed by atoms with van der Waals surface area (Å²) in [6, 6.07) is 10.3. The van der Waals surface area contributed by atoms with Gasteiger partial charge in [-0.2, -0.15) is 0 Å². The van der Waals surface area contributed by atoms with Gasteiger partial charge in [0.15, 0.2) is 0 Å². The van der Waals surface area contributed by atoms with Gasteiger partial charge in [0.1, 0.15) is 0 Å². The molecule has 0 atom stereocenters. The quantitative estimate of drug-likeness (QED) is 0.726. The topological polar surface area (TPSA) is 9.23 Å². The molecule has 1 nitrogen and oxygen atoms in total. The molecular formula is C11H14OS2. The predicted octanol–water partition coefficient (Wildman–Crippen LogP) is 3.63. The molecule has 3 heteroatoms. The highest BCUT2D eigenvalue weighted by Gasteiger charge is 1.98. The molecule has 0 aromatic heterocycles. The van der Waals surface area contributed by atoms with Crippen molar-refractivity contribution in [1.82, 2.24) is 0 Å². The Morgan fingerprint density at radius 3 is 2.71 bits per heavy atom. The first-order valence-electron chi connectivity index (χ1n) is 4.66. The van der Waals surface area contributed by atoms with Gasteiger partial charge < -0.3 is 4.74 Å². The van der Waals surface area contributed by atoms with Gasteiger partial charge in [-0.1, -0.05) is 49.0 Å². The van der Waals surface area contributed by atoms with Gasteiger partial charge in [0.05, 0.1) is 6.61 Å². The van der Waals surface area contributed by atoms with E-state index < -0.39 is 0 Å². The van der Waals surface area contributed by atoms with Gasteiger partial charge in [-0.25, -0.2) is 0 Å². The van der Waals surface area contributed by atoms with E-state index in [1.807, 2.05) is 18.2 Å². The van der Waals surface area contributed by atoms with Gasteiger partial charge in [0.25, 0.3) is 0 Å². The van der Waals surface area contributed by atoms with Crippen molar-refractivity contribution in [2.24, 2.45) is 0 Å². The smallest absolute Gasteiger partial charge is 0.220 e. The number of rotatable bonds is 4. The number of thioether (sulfide) groups is 1. The molecule has 0 heterocycles. The zero-order valence-corrected chi connectivity index (χ0v) is 9.87. The van der Waals surface area contributed by atoms with E-state index in [1.165, 1.54) is 5.56 Å². The molecule has 14 heavy (non-hydrogen) atoms. The number of hydrogen-bond donors (Lipinski definition) is 0. The van der Waals surface area contributed by atoms with Gasteiger partial charge in [-0.15, -0.1) is 0 Å². The number of hydrogen-bond acceptors (Lipinski definition) is 3. The number of ether oxygens (including phenoxy) is 1. The molecule has 0 amide bonds. The highest BCUT2D eigenvalue weighted by atomic mass is 32.2. The van der Waals surface area contributed by atoms with Crippen LogP contribution in [-0.4, -0.2) is 11.0 Å². The van der Waals surface area contributed by atoms with Crippen molar-refractivity contribution in [2.45, 2.75) is 19.1 Å². The second-order valence-electron chi connectivity index (χ2n) is 2.87. The van der Waals surface area contributed by atoms with E-state index in [9.17, 15) is 0 Å². The minimum Gasteiger partial charge on any atom is -0.479 e. The first-order chi connectivity index (χ1) is 6.83. The lowest BCUT2D eigenvalue weighted by Crippen LogP contribution is -1.98. The van der Waals surface area contributed by atoms with E-state index in [1.54, 1.807) is 11.8 Å². The highest BCUT2D eigenvalue weighted by Crippen LogP contribution is 2.14.